The van der Waals surface area contributed by atoms with Crippen molar-refractivity contribution in [1.29, 1.82) is 10.5 Å². The SMILES string of the molecule is [C-]#[N+]c1ccc(-c2ccc3c4ccccc4n(-c4cc([N+]#[C-])c(-c5ccncc5)cc4-n4c5ccccc5c5ccc(-c6ccc(C#N)cc6[N+]#[C-])cc54)c3c2)c(C#N)c1. The van der Waals surface area contributed by atoms with Crippen molar-refractivity contribution in [3.63, 3.8) is 0 Å². The molecular formula is C52H26N8. The van der Waals surface area contributed by atoms with E-state index in [1.54, 1.807) is 36.7 Å². The lowest BCUT2D eigenvalue weighted by molar-refractivity contribution is 1.10. The lowest BCUT2D eigenvalue weighted by Crippen LogP contribution is -2.04. The average Bonchev–Trinajstić information content (AvgIpc) is 3.82. The second-order valence-electron chi connectivity index (χ2n) is 14.3. The first kappa shape index (κ1) is 35.2. The van der Waals surface area contributed by atoms with E-state index in [4.69, 9.17) is 19.7 Å². The molecule has 10 aromatic rings. The summed E-state index contributed by atoms with van der Waals surface area (Å²) in [6.07, 6.45) is 3.45. The van der Waals surface area contributed by atoms with Gasteiger partial charge in [-0.25, -0.2) is 14.5 Å². The Hall–Kier alpha value is -9.26. The molecule has 0 aliphatic heterocycles. The van der Waals surface area contributed by atoms with Crippen LogP contribution in [0.4, 0.5) is 17.1 Å². The summed E-state index contributed by atoms with van der Waals surface area (Å²) in [6.45, 7) is 24.0. The minimum Gasteiger partial charge on any atom is -0.308 e. The highest BCUT2D eigenvalue weighted by Crippen LogP contribution is 2.45. The fourth-order valence-corrected chi connectivity index (χ4v) is 8.46. The van der Waals surface area contributed by atoms with Crippen molar-refractivity contribution in [2.75, 3.05) is 0 Å². The predicted octanol–water partition coefficient (Wildman–Crippen LogP) is 13.7. The van der Waals surface area contributed by atoms with Crippen LogP contribution in [0.3, 0.4) is 0 Å². The van der Waals surface area contributed by atoms with Gasteiger partial charge in [0, 0.05) is 45.1 Å². The molecule has 60 heavy (non-hydrogen) atoms. The molecule has 0 fully saturated rings. The quantitative estimate of drug-likeness (QED) is 0.164. The van der Waals surface area contributed by atoms with Crippen molar-refractivity contribution in [3.8, 4) is 56.9 Å². The first-order valence-corrected chi connectivity index (χ1v) is 18.9. The van der Waals surface area contributed by atoms with Crippen molar-refractivity contribution in [3.05, 3.63) is 203 Å². The Labute approximate surface area is 344 Å². The first-order chi connectivity index (χ1) is 29.5. The molecule has 3 heterocycles. The van der Waals surface area contributed by atoms with E-state index in [9.17, 15) is 10.5 Å². The normalized spacial score (nSPS) is 10.9. The number of nitrogens with zero attached hydrogens (tertiary/aromatic N) is 8. The molecule has 0 radical (unpaired) electrons. The topological polar surface area (TPSA) is 83.4 Å². The standard InChI is InChI=1S/C52H26N8/c1-55-37-15-19-38(36(25-37)31-54)34-13-17-42-41-9-5-7-11-48(41)60(49(42)26-34)52-29-46(57-3)44(33-20-22-58-23-21-33)28-51(52)59-47-10-6-4-8-40(47)43-18-14-35(27-50(43)59)39-16-12-32(30-53)24-45(39)56-2/h4-29H. The summed E-state index contributed by atoms with van der Waals surface area (Å²) in [6, 6.07) is 51.5. The van der Waals surface area contributed by atoms with Crippen molar-refractivity contribution in [2.24, 2.45) is 0 Å². The number of hydrogen-bond acceptors (Lipinski definition) is 3. The van der Waals surface area contributed by atoms with Crippen LogP contribution in [0.25, 0.3) is 103 Å². The third-order valence-electron chi connectivity index (χ3n) is 11.2. The number of rotatable bonds is 5. The molecule has 0 spiro atoms. The van der Waals surface area contributed by atoms with Crippen LogP contribution in [-0.4, -0.2) is 14.1 Å². The van der Waals surface area contributed by atoms with E-state index < -0.39 is 0 Å². The molecular weight excluding hydrogens is 737 g/mol. The van der Waals surface area contributed by atoms with Gasteiger partial charge in [-0.3, -0.25) is 4.98 Å². The van der Waals surface area contributed by atoms with Gasteiger partial charge in [-0.15, -0.1) is 0 Å². The smallest absolute Gasteiger partial charge is 0.197 e. The second-order valence-corrected chi connectivity index (χ2v) is 14.3. The van der Waals surface area contributed by atoms with Gasteiger partial charge in [0.05, 0.1) is 65.3 Å². The summed E-state index contributed by atoms with van der Waals surface area (Å²) < 4.78 is 4.45. The van der Waals surface area contributed by atoms with E-state index in [1.807, 2.05) is 66.7 Å². The highest BCUT2D eigenvalue weighted by Gasteiger charge is 2.23. The monoisotopic (exact) mass is 762 g/mol. The zero-order chi connectivity index (χ0) is 40.9. The third kappa shape index (κ3) is 5.45. The maximum absolute atomic E-state index is 10.2. The molecule has 8 nitrogen and oxygen atoms in total. The Morgan fingerprint density at radius 3 is 1.62 bits per heavy atom. The number of fused-ring (bicyclic) bond motifs is 6. The minimum atomic E-state index is 0.391. The summed E-state index contributed by atoms with van der Waals surface area (Å²) in [5, 5.41) is 23.8. The lowest BCUT2D eigenvalue weighted by Gasteiger charge is -2.20. The molecule has 0 saturated heterocycles. The second kappa shape index (κ2) is 14.0. The highest BCUT2D eigenvalue weighted by molar-refractivity contribution is 6.13. The van der Waals surface area contributed by atoms with Crippen LogP contribution in [0.5, 0.6) is 0 Å². The van der Waals surface area contributed by atoms with Crippen molar-refractivity contribution in [1.82, 2.24) is 14.1 Å². The van der Waals surface area contributed by atoms with Gasteiger partial charge in [-0.05, 0) is 100 Å². The summed E-state index contributed by atoms with van der Waals surface area (Å²) >= 11 is 0. The Balaban J connectivity index is 1.34. The van der Waals surface area contributed by atoms with Crippen molar-refractivity contribution in [2.45, 2.75) is 0 Å². The summed E-state index contributed by atoms with van der Waals surface area (Å²) in [5.74, 6) is 0. The van der Waals surface area contributed by atoms with Gasteiger partial charge in [0.15, 0.2) is 17.1 Å². The van der Waals surface area contributed by atoms with Crippen LogP contribution in [0.2, 0.25) is 0 Å². The average molecular weight is 763 g/mol. The molecule has 274 valence electrons. The maximum atomic E-state index is 10.2. The Morgan fingerprint density at radius 2 is 1.02 bits per heavy atom. The molecule has 7 aromatic carbocycles. The Kier molecular flexibility index (Phi) is 8.23. The summed E-state index contributed by atoms with van der Waals surface area (Å²) in [5.41, 5.74) is 12.0. The number of benzene rings is 7. The largest absolute Gasteiger partial charge is 0.308 e. The fourth-order valence-electron chi connectivity index (χ4n) is 8.46. The molecule has 0 atom stereocenters. The zero-order valence-electron chi connectivity index (χ0n) is 31.6. The van der Waals surface area contributed by atoms with Crippen LogP contribution in [-0.2, 0) is 0 Å². The molecule has 0 amide bonds. The summed E-state index contributed by atoms with van der Waals surface area (Å²) in [4.78, 5) is 15.7. The van der Waals surface area contributed by atoms with E-state index in [1.165, 1.54) is 0 Å². The van der Waals surface area contributed by atoms with Crippen molar-refractivity contribution < 1.29 is 0 Å². The number of para-hydroxylation sites is 2. The van der Waals surface area contributed by atoms with Gasteiger partial charge in [-0.1, -0.05) is 78.9 Å². The first-order valence-electron chi connectivity index (χ1n) is 18.9. The van der Waals surface area contributed by atoms with E-state index in [0.717, 1.165) is 88.4 Å². The number of nitriles is 2. The molecule has 0 unspecified atom stereocenters. The molecule has 8 heteroatoms. The highest BCUT2D eigenvalue weighted by atomic mass is 15.1. The van der Waals surface area contributed by atoms with Gasteiger partial charge in [0.2, 0.25) is 0 Å². The fraction of sp³-hybridized carbons (Fsp3) is 0. The van der Waals surface area contributed by atoms with Crippen molar-refractivity contribution >= 4 is 60.7 Å². The molecule has 0 aliphatic carbocycles. The lowest BCUT2D eigenvalue weighted by atomic mass is 9.98. The molecule has 3 aromatic heterocycles. The van der Waals surface area contributed by atoms with Gasteiger partial charge in [0.25, 0.3) is 0 Å². The van der Waals surface area contributed by atoms with Crippen LogP contribution >= 0.6 is 0 Å². The van der Waals surface area contributed by atoms with Crippen LogP contribution in [0.1, 0.15) is 11.1 Å². The number of hydrogen-bond donors (Lipinski definition) is 0. The van der Waals surface area contributed by atoms with E-state index in [0.29, 0.717) is 28.2 Å². The Morgan fingerprint density at radius 1 is 0.450 bits per heavy atom. The third-order valence-corrected chi connectivity index (χ3v) is 11.2. The summed E-state index contributed by atoms with van der Waals surface area (Å²) in [7, 11) is 0. The number of aromatic nitrogens is 3. The maximum Gasteiger partial charge on any atom is 0.197 e. The van der Waals surface area contributed by atoms with Gasteiger partial charge >= 0.3 is 0 Å². The van der Waals surface area contributed by atoms with Crippen LogP contribution in [0.15, 0.2) is 158 Å². The molecule has 0 N–H and O–H groups in total. The van der Waals surface area contributed by atoms with Gasteiger partial charge < -0.3 is 9.13 Å². The van der Waals surface area contributed by atoms with Crippen LogP contribution in [0, 0.1) is 42.4 Å². The predicted molar refractivity (Wildman–Crippen MR) is 237 cm³/mol. The molecule has 0 saturated carbocycles. The molecule has 0 aliphatic rings. The van der Waals surface area contributed by atoms with E-state index in [2.05, 4.69) is 95.4 Å². The van der Waals surface area contributed by atoms with E-state index >= 15 is 0 Å². The minimum absolute atomic E-state index is 0.391. The molecule has 10 rings (SSSR count). The molecule has 0 bridgehead atoms. The van der Waals surface area contributed by atoms with Crippen LogP contribution < -0.4 is 0 Å². The van der Waals surface area contributed by atoms with E-state index in [-0.39, 0.29) is 0 Å². The van der Waals surface area contributed by atoms with Gasteiger partial charge in [-0.2, -0.15) is 10.5 Å². The van der Waals surface area contributed by atoms with Gasteiger partial charge in [0.1, 0.15) is 0 Å². The number of pyridine rings is 1. The zero-order valence-corrected chi connectivity index (χ0v) is 31.6. The Bertz CT molecular complexity index is 3670.